The van der Waals surface area contributed by atoms with Crippen molar-refractivity contribution >= 4 is 0 Å². The fourth-order valence-electron chi connectivity index (χ4n) is 1.23. The van der Waals surface area contributed by atoms with Gasteiger partial charge in [-0.3, -0.25) is 10.1 Å². The highest BCUT2D eigenvalue weighted by atomic mass is 16.5. The second-order valence-corrected chi connectivity index (χ2v) is 2.98. The van der Waals surface area contributed by atoms with Gasteiger partial charge in [0.1, 0.15) is 11.4 Å². The molecule has 0 aliphatic rings. The van der Waals surface area contributed by atoms with Crippen molar-refractivity contribution in [1.82, 2.24) is 30.3 Å². The summed E-state index contributed by atoms with van der Waals surface area (Å²) in [6.07, 6.45) is 6.34. The molecule has 1 N–H and O–H groups in total. The molecule has 0 fully saturated rings. The van der Waals surface area contributed by atoms with Gasteiger partial charge in [-0.15, -0.1) is 0 Å². The van der Waals surface area contributed by atoms with E-state index < -0.39 is 0 Å². The SMILES string of the molecule is c1cnc(-c2noc(-c3ccn[nH]3)n2)cn1. The predicted molar refractivity (Wildman–Crippen MR) is 52.9 cm³/mol. The van der Waals surface area contributed by atoms with Crippen molar-refractivity contribution in [1.29, 1.82) is 0 Å². The number of rotatable bonds is 2. The van der Waals surface area contributed by atoms with Crippen molar-refractivity contribution in [3.8, 4) is 23.1 Å². The zero-order valence-electron chi connectivity index (χ0n) is 8.03. The first-order valence-electron chi connectivity index (χ1n) is 4.53. The van der Waals surface area contributed by atoms with Crippen molar-refractivity contribution in [3.05, 3.63) is 30.9 Å². The summed E-state index contributed by atoms with van der Waals surface area (Å²) in [5.74, 6) is 0.774. The van der Waals surface area contributed by atoms with E-state index in [9.17, 15) is 0 Å². The molecule has 7 nitrogen and oxygen atoms in total. The lowest BCUT2D eigenvalue weighted by Crippen LogP contribution is -1.86. The number of nitrogens with zero attached hydrogens (tertiary/aromatic N) is 5. The van der Waals surface area contributed by atoms with E-state index in [1.807, 2.05) is 0 Å². The molecule has 0 spiro atoms. The molecule has 0 unspecified atom stereocenters. The van der Waals surface area contributed by atoms with Crippen molar-refractivity contribution in [2.45, 2.75) is 0 Å². The van der Waals surface area contributed by atoms with Gasteiger partial charge in [-0.2, -0.15) is 10.1 Å². The summed E-state index contributed by atoms with van der Waals surface area (Å²) in [5.41, 5.74) is 1.24. The number of nitrogens with one attached hydrogen (secondary N) is 1. The van der Waals surface area contributed by atoms with E-state index in [1.54, 1.807) is 30.9 Å². The van der Waals surface area contributed by atoms with Crippen LogP contribution in [0.15, 0.2) is 35.4 Å². The normalized spacial score (nSPS) is 10.5. The van der Waals surface area contributed by atoms with Gasteiger partial charge in [-0.1, -0.05) is 5.16 Å². The van der Waals surface area contributed by atoms with Crippen molar-refractivity contribution in [2.75, 3.05) is 0 Å². The maximum atomic E-state index is 5.06. The highest BCUT2D eigenvalue weighted by Gasteiger charge is 2.11. The lowest BCUT2D eigenvalue weighted by Gasteiger charge is -1.88. The summed E-state index contributed by atoms with van der Waals surface area (Å²) < 4.78 is 5.06. The van der Waals surface area contributed by atoms with Crippen LogP contribution in [0.2, 0.25) is 0 Å². The van der Waals surface area contributed by atoms with Crippen LogP contribution in [0, 0.1) is 0 Å². The van der Waals surface area contributed by atoms with Crippen LogP contribution in [0.25, 0.3) is 23.1 Å². The van der Waals surface area contributed by atoms with Crippen LogP contribution in [0.4, 0.5) is 0 Å². The van der Waals surface area contributed by atoms with Crippen molar-refractivity contribution in [3.63, 3.8) is 0 Å². The van der Waals surface area contributed by atoms with Gasteiger partial charge in [0.2, 0.25) is 5.82 Å². The highest BCUT2D eigenvalue weighted by Crippen LogP contribution is 2.17. The quantitative estimate of drug-likeness (QED) is 0.681. The zero-order chi connectivity index (χ0) is 10.8. The Labute approximate surface area is 89.6 Å². The second-order valence-electron chi connectivity index (χ2n) is 2.98. The Morgan fingerprint density at radius 2 is 2.19 bits per heavy atom. The molecule has 3 rings (SSSR count). The molecule has 0 aliphatic heterocycles. The zero-order valence-corrected chi connectivity index (χ0v) is 8.03. The van der Waals surface area contributed by atoms with E-state index in [4.69, 9.17) is 4.52 Å². The molecule has 0 saturated carbocycles. The van der Waals surface area contributed by atoms with Crippen LogP contribution < -0.4 is 0 Å². The van der Waals surface area contributed by atoms with E-state index in [0.29, 0.717) is 23.1 Å². The second kappa shape index (κ2) is 3.54. The Morgan fingerprint density at radius 3 is 2.94 bits per heavy atom. The number of H-pyrrole nitrogens is 1. The minimum absolute atomic E-state index is 0.373. The standard InChI is InChI=1S/C9H6N6O/c1-2-12-14-6(1)9-13-8(15-16-9)7-5-10-3-4-11-7/h1-5H,(H,12,14). The van der Waals surface area contributed by atoms with Crippen LogP contribution in [0.1, 0.15) is 0 Å². The van der Waals surface area contributed by atoms with Gasteiger partial charge in [0.15, 0.2) is 0 Å². The fraction of sp³-hybridized carbons (Fsp3) is 0. The van der Waals surface area contributed by atoms with Crippen LogP contribution >= 0.6 is 0 Å². The molecule has 3 heterocycles. The molecule has 0 bridgehead atoms. The summed E-state index contributed by atoms with van der Waals surface area (Å²) >= 11 is 0. The summed E-state index contributed by atoms with van der Waals surface area (Å²) in [7, 11) is 0. The van der Waals surface area contributed by atoms with E-state index in [2.05, 4.69) is 30.3 Å². The monoisotopic (exact) mass is 214 g/mol. The molecule has 0 radical (unpaired) electrons. The largest absolute Gasteiger partial charge is 0.332 e. The van der Waals surface area contributed by atoms with Crippen molar-refractivity contribution < 1.29 is 4.52 Å². The first-order valence-corrected chi connectivity index (χ1v) is 4.53. The molecule has 0 saturated heterocycles. The minimum atomic E-state index is 0.373. The number of aromatic amines is 1. The third kappa shape index (κ3) is 1.44. The minimum Gasteiger partial charge on any atom is -0.332 e. The predicted octanol–water partition coefficient (Wildman–Crippen LogP) is 0.917. The van der Waals surface area contributed by atoms with Gasteiger partial charge in [0.05, 0.1) is 6.20 Å². The summed E-state index contributed by atoms with van der Waals surface area (Å²) in [4.78, 5) is 12.2. The van der Waals surface area contributed by atoms with Gasteiger partial charge in [-0.05, 0) is 6.07 Å². The molecule has 16 heavy (non-hydrogen) atoms. The Bertz CT molecular complexity index is 573. The molecule has 0 atom stereocenters. The van der Waals surface area contributed by atoms with Crippen LogP contribution in [-0.4, -0.2) is 30.3 Å². The van der Waals surface area contributed by atoms with Gasteiger partial charge >= 0.3 is 0 Å². The molecule has 0 aromatic carbocycles. The number of hydrogen-bond donors (Lipinski definition) is 1. The highest BCUT2D eigenvalue weighted by molar-refractivity contribution is 5.52. The first-order chi connectivity index (χ1) is 7.93. The molecular formula is C9H6N6O. The summed E-state index contributed by atoms with van der Waals surface area (Å²) in [5, 5.41) is 10.3. The first kappa shape index (κ1) is 8.72. The number of aromatic nitrogens is 6. The van der Waals surface area contributed by atoms with Gasteiger partial charge in [0, 0.05) is 18.6 Å². The Kier molecular flexibility index (Phi) is 1.93. The van der Waals surface area contributed by atoms with E-state index in [0.717, 1.165) is 0 Å². The van der Waals surface area contributed by atoms with Crippen LogP contribution in [0.5, 0.6) is 0 Å². The maximum Gasteiger partial charge on any atom is 0.276 e. The van der Waals surface area contributed by atoms with Crippen LogP contribution in [0.3, 0.4) is 0 Å². The third-order valence-corrected chi connectivity index (χ3v) is 1.95. The summed E-state index contributed by atoms with van der Waals surface area (Å²) in [6, 6.07) is 1.74. The smallest absolute Gasteiger partial charge is 0.276 e. The molecule has 78 valence electrons. The summed E-state index contributed by atoms with van der Waals surface area (Å²) in [6.45, 7) is 0. The fourth-order valence-corrected chi connectivity index (χ4v) is 1.23. The molecule has 3 aromatic rings. The van der Waals surface area contributed by atoms with E-state index in [1.165, 1.54) is 0 Å². The van der Waals surface area contributed by atoms with Crippen LogP contribution in [-0.2, 0) is 0 Å². The molecular weight excluding hydrogens is 208 g/mol. The molecule has 0 aliphatic carbocycles. The Balaban J connectivity index is 2.00. The topological polar surface area (TPSA) is 93.4 Å². The lowest BCUT2D eigenvalue weighted by molar-refractivity contribution is 0.430. The maximum absolute atomic E-state index is 5.06. The van der Waals surface area contributed by atoms with Crippen molar-refractivity contribution in [2.24, 2.45) is 0 Å². The Hall–Kier alpha value is -2.57. The Morgan fingerprint density at radius 1 is 1.19 bits per heavy atom. The molecule has 0 amide bonds. The molecule has 7 heteroatoms. The van der Waals surface area contributed by atoms with Gasteiger partial charge in [0.25, 0.3) is 5.89 Å². The van der Waals surface area contributed by atoms with Gasteiger partial charge < -0.3 is 4.52 Å². The van der Waals surface area contributed by atoms with E-state index in [-0.39, 0.29) is 0 Å². The molecule has 3 aromatic heterocycles. The number of hydrogen-bond acceptors (Lipinski definition) is 6. The van der Waals surface area contributed by atoms with Gasteiger partial charge in [-0.25, -0.2) is 4.98 Å². The average molecular weight is 214 g/mol. The third-order valence-electron chi connectivity index (χ3n) is 1.95. The lowest BCUT2D eigenvalue weighted by atomic mass is 10.4. The van der Waals surface area contributed by atoms with E-state index >= 15 is 0 Å². The average Bonchev–Trinajstić information content (AvgIpc) is 3.01.